The van der Waals surface area contributed by atoms with Crippen molar-refractivity contribution in [1.82, 2.24) is 9.55 Å². The molecule has 0 amide bonds. The van der Waals surface area contributed by atoms with Gasteiger partial charge < -0.3 is 15.0 Å². The van der Waals surface area contributed by atoms with E-state index in [9.17, 15) is 0 Å². The third-order valence-electron chi connectivity index (χ3n) is 3.29. The largest absolute Gasteiger partial charge is 0.457 e. The molecule has 0 spiro atoms. The average Bonchev–Trinajstić information content (AvgIpc) is 2.81. The molecule has 3 aromatic rings. The fourth-order valence-corrected chi connectivity index (χ4v) is 2.26. The quantitative estimate of drug-likeness (QED) is 0.727. The second kappa shape index (κ2) is 4.72. The van der Waals surface area contributed by atoms with Crippen LogP contribution in [0.2, 0.25) is 5.02 Å². The lowest BCUT2D eigenvalue weighted by Crippen LogP contribution is -1.93. The Morgan fingerprint density at radius 3 is 2.85 bits per heavy atom. The number of nitrogens with two attached hydrogens (primary N) is 1. The first-order valence-electron chi connectivity index (χ1n) is 6.20. The number of hydrogen-bond donors (Lipinski definition) is 1. The van der Waals surface area contributed by atoms with E-state index >= 15 is 0 Å². The van der Waals surface area contributed by atoms with Crippen LogP contribution in [0.25, 0.3) is 11.0 Å². The van der Waals surface area contributed by atoms with Gasteiger partial charge in [0.05, 0.1) is 28.1 Å². The van der Waals surface area contributed by atoms with Crippen molar-refractivity contribution in [3.8, 4) is 11.5 Å². The molecule has 3 rings (SSSR count). The molecule has 20 heavy (non-hydrogen) atoms. The zero-order chi connectivity index (χ0) is 14.3. The van der Waals surface area contributed by atoms with Crippen LogP contribution in [0.5, 0.6) is 11.5 Å². The zero-order valence-corrected chi connectivity index (χ0v) is 12.0. The van der Waals surface area contributed by atoms with Crippen molar-refractivity contribution in [1.29, 1.82) is 0 Å². The first kappa shape index (κ1) is 12.8. The molecule has 2 N–H and O–H groups in total. The van der Waals surface area contributed by atoms with Gasteiger partial charge in [-0.05, 0) is 31.2 Å². The molecule has 102 valence electrons. The van der Waals surface area contributed by atoms with Crippen LogP contribution in [-0.4, -0.2) is 9.55 Å². The average molecular weight is 288 g/mol. The van der Waals surface area contributed by atoms with Crippen molar-refractivity contribution in [2.75, 3.05) is 5.73 Å². The minimum absolute atomic E-state index is 0.529. The number of aryl methyl sites for hydroxylation is 1. The van der Waals surface area contributed by atoms with Gasteiger partial charge in [-0.2, -0.15) is 0 Å². The van der Waals surface area contributed by atoms with Gasteiger partial charge in [-0.3, -0.25) is 0 Å². The molecule has 0 saturated heterocycles. The monoisotopic (exact) mass is 287 g/mol. The van der Waals surface area contributed by atoms with Gasteiger partial charge in [0, 0.05) is 18.7 Å². The highest BCUT2D eigenvalue weighted by Crippen LogP contribution is 2.34. The van der Waals surface area contributed by atoms with Crippen LogP contribution in [0.4, 0.5) is 5.69 Å². The third-order valence-corrected chi connectivity index (χ3v) is 3.79. The van der Waals surface area contributed by atoms with Gasteiger partial charge in [-0.1, -0.05) is 11.6 Å². The van der Waals surface area contributed by atoms with E-state index in [1.165, 1.54) is 0 Å². The maximum atomic E-state index is 6.13. The van der Waals surface area contributed by atoms with Gasteiger partial charge in [0.15, 0.2) is 0 Å². The normalized spacial score (nSPS) is 10.9. The lowest BCUT2D eigenvalue weighted by molar-refractivity contribution is 0.479. The summed E-state index contributed by atoms with van der Waals surface area (Å²) in [5.74, 6) is 1.42. The molecule has 0 unspecified atom stereocenters. The summed E-state index contributed by atoms with van der Waals surface area (Å²) in [5.41, 5.74) is 9.09. The lowest BCUT2D eigenvalue weighted by atomic mass is 10.2. The Labute approximate surface area is 121 Å². The molecular formula is C15H14ClN3O. The number of nitrogen functional groups attached to an aromatic ring is 1. The molecule has 0 fully saturated rings. The van der Waals surface area contributed by atoms with E-state index in [1.807, 2.05) is 42.8 Å². The molecular weight excluding hydrogens is 274 g/mol. The molecule has 5 heteroatoms. The van der Waals surface area contributed by atoms with E-state index < -0.39 is 0 Å². The number of halogens is 1. The molecule has 0 saturated carbocycles. The van der Waals surface area contributed by atoms with E-state index in [-0.39, 0.29) is 0 Å². The third kappa shape index (κ3) is 2.08. The number of benzene rings is 2. The zero-order valence-electron chi connectivity index (χ0n) is 11.2. The first-order chi connectivity index (χ1) is 9.56. The number of ether oxygens (including phenoxy) is 1. The Morgan fingerprint density at radius 1 is 1.25 bits per heavy atom. The predicted octanol–water partition coefficient (Wildman–Crippen LogP) is 3.91. The van der Waals surface area contributed by atoms with Crippen molar-refractivity contribution < 1.29 is 4.74 Å². The van der Waals surface area contributed by atoms with Crippen LogP contribution < -0.4 is 10.5 Å². The summed E-state index contributed by atoms with van der Waals surface area (Å²) in [6.45, 7) is 1.88. The second-order valence-corrected chi connectivity index (χ2v) is 5.08. The minimum Gasteiger partial charge on any atom is -0.457 e. The highest BCUT2D eigenvalue weighted by molar-refractivity contribution is 6.34. The van der Waals surface area contributed by atoms with Crippen LogP contribution in [0.15, 0.2) is 36.7 Å². The van der Waals surface area contributed by atoms with E-state index in [4.69, 9.17) is 22.1 Å². The van der Waals surface area contributed by atoms with Gasteiger partial charge in [0.2, 0.25) is 0 Å². The van der Waals surface area contributed by atoms with Gasteiger partial charge in [-0.15, -0.1) is 0 Å². The van der Waals surface area contributed by atoms with Crippen LogP contribution in [0, 0.1) is 6.92 Å². The van der Waals surface area contributed by atoms with Gasteiger partial charge in [0.25, 0.3) is 0 Å². The van der Waals surface area contributed by atoms with Crippen molar-refractivity contribution in [3.63, 3.8) is 0 Å². The topological polar surface area (TPSA) is 53.1 Å². The van der Waals surface area contributed by atoms with E-state index in [1.54, 1.807) is 12.4 Å². The van der Waals surface area contributed by atoms with Crippen molar-refractivity contribution in [2.45, 2.75) is 6.92 Å². The second-order valence-electron chi connectivity index (χ2n) is 4.70. The molecule has 0 radical (unpaired) electrons. The maximum absolute atomic E-state index is 6.13. The number of hydrogen-bond acceptors (Lipinski definition) is 3. The molecule has 0 aliphatic heterocycles. The number of nitrogens with zero attached hydrogens (tertiary/aromatic N) is 2. The van der Waals surface area contributed by atoms with Gasteiger partial charge >= 0.3 is 0 Å². The number of anilines is 1. The van der Waals surface area contributed by atoms with Crippen LogP contribution in [0.1, 0.15) is 5.56 Å². The van der Waals surface area contributed by atoms with E-state index in [0.29, 0.717) is 16.5 Å². The fourth-order valence-electron chi connectivity index (χ4n) is 2.11. The highest BCUT2D eigenvalue weighted by Gasteiger charge is 2.09. The molecule has 0 bridgehead atoms. The van der Waals surface area contributed by atoms with Crippen LogP contribution in [-0.2, 0) is 7.05 Å². The molecule has 0 atom stereocenters. The molecule has 4 nitrogen and oxygen atoms in total. The summed E-state index contributed by atoms with van der Waals surface area (Å²) in [6.07, 6.45) is 1.78. The summed E-state index contributed by atoms with van der Waals surface area (Å²) < 4.78 is 7.84. The molecule has 0 aliphatic carbocycles. The summed E-state index contributed by atoms with van der Waals surface area (Å²) in [6, 6.07) is 9.35. The van der Waals surface area contributed by atoms with E-state index in [0.717, 1.165) is 22.3 Å². The standard InChI is InChI=1S/C15H14ClN3O/c1-9-14(6-4-11(17)15(9)16)20-10-3-5-13-12(7-10)18-8-19(13)2/h3-8H,17H2,1-2H3. The summed E-state index contributed by atoms with van der Waals surface area (Å²) >= 11 is 6.13. The Morgan fingerprint density at radius 2 is 2.05 bits per heavy atom. The number of rotatable bonds is 2. The SMILES string of the molecule is Cc1c(Oc2ccc3c(c2)ncn3C)ccc(N)c1Cl. The molecule has 1 heterocycles. The van der Waals surface area contributed by atoms with E-state index in [2.05, 4.69) is 4.98 Å². The molecule has 0 aliphatic rings. The molecule has 1 aromatic heterocycles. The van der Waals surface area contributed by atoms with Crippen molar-refractivity contribution in [2.24, 2.45) is 7.05 Å². The van der Waals surface area contributed by atoms with Gasteiger partial charge in [-0.25, -0.2) is 4.98 Å². The lowest BCUT2D eigenvalue weighted by Gasteiger charge is -2.11. The first-order valence-corrected chi connectivity index (χ1v) is 6.57. The number of fused-ring (bicyclic) bond motifs is 1. The minimum atomic E-state index is 0.529. The Hall–Kier alpha value is -2.20. The Bertz CT molecular complexity index is 795. The predicted molar refractivity (Wildman–Crippen MR) is 81.4 cm³/mol. The number of aromatic nitrogens is 2. The Balaban J connectivity index is 1.99. The fraction of sp³-hybridized carbons (Fsp3) is 0.133. The van der Waals surface area contributed by atoms with Crippen LogP contribution >= 0.6 is 11.6 Å². The van der Waals surface area contributed by atoms with Gasteiger partial charge in [0.1, 0.15) is 11.5 Å². The highest BCUT2D eigenvalue weighted by atomic mass is 35.5. The smallest absolute Gasteiger partial charge is 0.131 e. The van der Waals surface area contributed by atoms with Crippen molar-refractivity contribution in [3.05, 3.63) is 47.2 Å². The Kier molecular flexibility index (Phi) is 3.03. The summed E-state index contributed by atoms with van der Waals surface area (Å²) in [5, 5.41) is 0.529. The van der Waals surface area contributed by atoms with Crippen LogP contribution in [0.3, 0.4) is 0 Å². The summed E-state index contributed by atoms with van der Waals surface area (Å²) in [7, 11) is 1.96. The number of imidazole rings is 1. The van der Waals surface area contributed by atoms with Crippen molar-refractivity contribution >= 4 is 28.3 Å². The maximum Gasteiger partial charge on any atom is 0.131 e. The summed E-state index contributed by atoms with van der Waals surface area (Å²) in [4.78, 5) is 4.31. The molecule has 2 aromatic carbocycles.